The van der Waals surface area contributed by atoms with Crippen molar-refractivity contribution in [2.45, 2.75) is 19.0 Å². The summed E-state index contributed by atoms with van der Waals surface area (Å²) in [5.74, 6) is 0.694. The highest BCUT2D eigenvalue weighted by molar-refractivity contribution is 5.20. The molecule has 0 aliphatic carbocycles. The molecule has 3 rings (SSSR count). The third kappa shape index (κ3) is 2.39. The van der Waals surface area contributed by atoms with Crippen LogP contribution in [0.25, 0.3) is 0 Å². The van der Waals surface area contributed by atoms with Crippen LogP contribution >= 0.6 is 0 Å². The molecule has 0 N–H and O–H groups in total. The van der Waals surface area contributed by atoms with Crippen molar-refractivity contribution in [1.29, 1.82) is 0 Å². The molecule has 1 saturated heterocycles. The Morgan fingerprint density at radius 3 is 2.88 bits per heavy atom. The minimum absolute atomic E-state index is 0.694. The van der Waals surface area contributed by atoms with Crippen LogP contribution in [0, 0.1) is 0 Å². The minimum atomic E-state index is 0.694. The Labute approximate surface area is 102 Å². The number of likely N-dealkylation sites (tertiary alicyclic amines) is 1. The summed E-state index contributed by atoms with van der Waals surface area (Å²) in [6, 6.07) is 10.8. The van der Waals surface area contributed by atoms with E-state index in [1.807, 2.05) is 18.7 Å². The molecule has 1 fully saturated rings. The van der Waals surface area contributed by atoms with Crippen molar-refractivity contribution in [2.75, 3.05) is 13.1 Å². The van der Waals surface area contributed by atoms with Crippen molar-refractivity contribution in [3.63, 3.8) is 0 Å². The summed E-state index contributed by atoms with van der Waals surface area (Å²) in [7, 11) is 0. The van der Waals surface area contributed by atoms with Gasteiger partial charge in [-0.25, -0.2) is 4.98 Å². The Hall–Kier alpha value is -1.61. The summed E-state index contributed by atoms with van der Waals surface area (Å²) in [5, 5.41) is 0. The van der Waals surface area contributed by atoms with Crippen LogP contribution in [-0.4, -0.2) is 27.5 Å². The standard InChI is InChI=1S/C14H17N3/c1-2-4-13(5-3-1)14-6-8-16(10-14)12-17-9-7-15-11-17/h1-5,7,9,11,14H,6,8,10,12H2. The highest BCUT2D eigenvalue weighted by atomic mass is 15.3. The van der Waals surface area contributed by atoms with Gasteiger partial charge in [-0.2, -0.15) is 0 Å². The van der Waals surface area contributed by atoms with Gasteiger partial charge in [-0.1, -0.05) is 30.3 Å². The second-order valence-electron chi connectivity index (χ2n) is 4.69. The van der Waals surface area contributed by atoms with E-state index >= 15 is 0 Å². The van der Waals surface area contributed by atoms with Gasteiger partial charge in [0.05, 0.1) is 13.0 Å². The maximum Gasteiger partial charge on any atom is 0.0956 e. The van der Waals surface area contributed by atoms with Crippen LogP contribution in [0.3, 0.4) is 0 Å². The number of nitrogens with zero attached hydrogens (tertiary/aromatic N) is 3. The van der Waals surface area contributed by atoms with E-state index in [9.17, 15) is 0 Å². The maximum atomic E-state index is 4.08. The van der Waals surface area contributed by atoms with Gasteiger partial charge >= 0.3 is 0 Å². The van der Waals surface area contributed by atoms with Crippen molar-refractivity contribution in [3.05, 3.63) is 54.6 Å². The Morgan fingerprint density at radius 2 is 2.12 bits per heavy atom. The lowest BCUT2D eigenvalue weighted by molar-refractivity contribution is 0.267. The largest absolute Gasteiger partial charge is 0.324 e. The lowest BCUT2D eigenvalue weighted by Crippen LogP contribution is -2.23. The molecule has 1 aromatic carbocycles. The number of hydrogen-bond acceptors (Lipinski definition) is 2. The average Bonchev–Trinajstić information content (AvgIpc) is 3.02. The first-order valence-electron chi connectivity index (χ1n) is 6.15. The molecule has 17 heavy (non-hydrogen) atoms. The molecule has 88 valence electrons. The van der Waals surface area contributed by atoms with Crippen molar-refractivity contribution < 1.29 is 0 Å². The van der Waals surface area contributed by atoms with Crippen LogP contribution in [0.1, 0.15) is 17.9 Å². The van der Waals surface area contributed by atoms with E-state index in [0.29, 0.717) is 5.92 Å². The van der Waals surface area contributed by atoms with Crippen LogP contribution in [0.15, 0.2) is 49.1 Å². The highest BCUT2D eigenvalue weighted by Crippen LogP contribution is 2.26. The lowest BCUT2D eigenvalue weighted by atomic mass is 9.99. The average molecular weight is 227 g/mol. The molecule has 1 aromatic heterocycles. The number of rotatable bonds is 3. The smallest absolute Gasteiger partial charge is 0.0956 e. The molecular weight excluding hydrogens is 210 g/mol. The first-order chi connectivity index (χ1) is 8.42. The van der Waals surface area contributed by atoms with Gasteiger partial charge < -0.3 is 4.57 Å². The second kappa shape index (κ2) is 4.72. The molecule has 3 heteroatoms. The third-order valence-corrected chi connectivity index (χ3v) is 3.47. The summed E-state index contributed by atoms with van der Waals surface area (Å²) in [6.07, 6.45) is 7.01. The molecule has 0 spiro atoms. The molecule has 2 aromatic rings. The van der Waals surface area contributed by atoms with Gasteiger partial charge in [0.25, 0.3) is 0 Å². The number of benzene rings is 1. The maximum absolute atomic E-state index is 4.08. The van der Waals surface area contributed by atoms with E-state index in [1.54, 1.807) is 0 Å². The SMILES string of the molecule is c1ccc(C2CCN(Cn3ccnc3)C2)cc1. The minimum Gasteiger partial charge on any atom is -0.324 e. The first-order valence-corrected chi connectivity index (χ1v) is 6.15. The predicted octanol–water partition coefficient (Wildman–Crippen LogP) is 2.33. The van der Waals surface area contributed by atoms with E-state index in [4.69, 9.17) is 0 Å². The van der Waals surface area contributed by atoms with Crippen LogP contribution in [-0.2, 0) is 6.67 Å². The highest BCUT2D eigenvalue weighted by Gasteiger charge is 2.23. The Balaban J connectivity index is 1.62. The molecule has 0 saturated carbocycles. The summed E-state index contributed by atoms with van der Waals surface area (Å²) >= 11 is 0. The van der Waals surface area contributed by atoms with E-state index in [2.05, 4.69) is 44.8 Å². The third-order valence-electron chi connectivity index (χ3n) is 3.47. The number of imidazole rings is 1. The summed E-state index contributed by atoms with van der Waals surface area (Å²) in [4.78, 5) is 6.56. The fraction of sp³-hybridized carbons (Fsp3) is 0.357. The monoisotopic (exact) mass is 227 g/mol. The zero-order valence-electron chi connectivity index (χ0n) is 9.87. The summed E-state index contributed by atoms with van der Waals surface area (Å²) < 4.78 is 2.13. The van der Waals surface area contributed by atoms with Crippen molar-refractivity contribution >= 4 is 0 Å². The summed E-state index contributed by atoms with van der Waals surface area (Å²) in [5.41, 5.74) is 1.47. The van der Waals surface area contributed by atoms with Crippen LogP contribution in [0.4, 0.5) is 0 Å². The van der Waals surface area contributed by atoms with Crippen molar-refractivity contribution in [3.8, 4) is 0 Å². The van der Waals surface area contributed by atoms with Gasteiger partial charge in [0.2, 0.25) is 0 Å². The first kappa shape index (κ1) is 10.5. The van der Waals surface area contributed by atoms with E-state index in [1.165, 1.54) is 18.5 Å². The molecule has 2 heterocycles. The topological polar surface area (TPSA) is 21.1 Å². The molecule has 0 radical (unpaired) electrons. The van der Waals surface area contributed by atoms with E-state index < -0.39 is 0 Å². The van der Waals surface area contributed by atoms with Crippen molar-refractivity contribution in [2.24, 2.45) is 0 Å². The van der Waals surface area contributed by atoms with Gasteiger partial charge in [-0.3, -0.25) is 4.90 Å². The molecule has 1 aliphatic heterocycles. The van der Waals surface area contributed by atoms with Crippen LogP contribution in [0.2, 0.25) is 0 Å². The van der Waals surface area contributed by atoms with Gasteiger partial charge in [0, 0.05) is 25.5 Å². The van der Waals surface area contributed by atoms with Gasteiger partial charge in [-0.15, -0.1) is 0 Å². The molecule has 1 unspecified atom stereocenters. The molecule has 0 amide bonds. The fourth-order valence-corrected chi connectivity index (χ4v) is 2.56. The summed E-state index contributed by atoms with van der Waals surface area (Å²) in [6.45, 7) is 3.29. The fourth-order valence-electron chi connectivity index (χ4n) is 2.56. The molecule has 1 aliphatic rings. The lowest BCUT2D eigenvalue weighted by Gasteiger charge is -2.16. The second-order valence-corrected chi connectivity index (χ2v) is 4.69. The van der Waals surface area contributed by atoms with Gasteiger partial charge in [-0.05, 0) is 17.9 Å². The number of aromatic nitrogens is 2. The molecule has 3 nitrogen and oxygen atoms in total. The Bertz CT molecular complexity index is 450. The Kier molecular flexibility index (Phi) is 2.92. The zero-order valence-corrected chi connectivity index (χ0v) is 9.87. The zero-order chi connectivity index (χ0) is 11.5. The predicted molar refractivity (Wildman–Crippen MR) is 67.6 cm³/mol. The van der Waals surface area contributed by atoms with Gasteiger partial charge in [0.15, 0.2) is 0 Å². The number of hydrogen-bond donors (Lipinski definition) is 0. The van der Waals surface area contributed by atoms with Crippen LogP contribution in [0.5, 0.6) is 0 Å². The normalized spacial score (nSPS) is 20.8. The molecule has 1 atom stereocenters. The quantitative estimate of drug-likeness (QED) is 0.802. The molecule has 0 bridgehead atoms. The molecular formula is C14H17N3. The van der Waals surface area contributed by atoms with E-state index in [0.717, 1.165) is 13.2 Å². The Morgan fingerprint density at radius 1 is 1.24 bits per heavy atom. The van der Waals surface area contributed by atoms with Crippen molar-refractivity contribution in [1.82, 2.24) is 14.5 Å². The van der Waals surface area contributed by atoms with Gasteiger partial charge in [0.1, 0.15) is 0 Å². The van der Waals surface area contributed by atoms with E-state index in [-0.39, 0.29) is 0 Å². The van der Waals surface area contributed by atoms with Crippen LogP contribution < -0.4 is 0 Å².